The molecule has 0 spiro atoms. The Balaban J connectivity index is 0.000000339. The Morgan fingerprint density at radius 2 is 0.880 bits per heavy atom. The highest BCUT2D eigenvalue weighted by Gasteiger charge is 2.13. The van der Waals surface area contributed by atoms with E-state index in [2.05, 4.69) is 53.7 Å². The van der Waals surface area contributed by atoms with Gasteiger partial charge in [-0.05, 0) is 76.0 Å². The normalized spacial score (nSPS) is 31.8. The first-order chi connectivity index (χ1) is 11.4. The second-order valence-electron chi connectivity index (χ2n) is 9.23. The molecular weight excluding hydrogens is 300 g/mol. The molecule has 0 bridgehead atoms. The SMILES string of the molecule is C.CC1=CCC(C)CC1.CC1=CCC(C)CC1.CC1CCC(C)CC1. The second-order valence-corrected chi connectivity index (χ2v) is 9.23. The van der Waals surface area contributed by atoms with Gasteiger partial charge in [-0.3, -0.25) is 0 Å². The molecule has 0 heterocycles. The van der Waals surface area contributed by atoms with Crippen LogP contribution in [0.2, 0.25) is 0 Å². The van der Waals surface area contributed by atoms with Crippen LogP contribution in [0.3, 0.4) is 0 Å². The molecule has 2 unspecified atom stereocenters. The van der Waals surface area contributed by atoms with Gasteiger partial charge in [0.1, 0.15) is 0 Å². The molecule has 0 aliphatic heterocycles. The Morgan fingerprint density at radius 1 is 0.560 bits per heavy atom. The van der Waals surface area contributed by atoms with Crippen molar-refractivity contribution in [2.24, 2.45) is 23.7 Å². The Kier molecular flexibility index (Phi) is 13.4. The van der Waals surface area contributed by atoms with E-state index in [4.69, 9.17) is 0 Å². The van der Waals surface area contributed by atoms with Gasteiger partial charge in [-0.2, -0.15) is 0 Å². The molecule has 0 N–H and O–H groups in total. The van der Waals surface area contributed by atoms with E-state index in [-0.39, 0.29) is 7.43 Å². The van der Waals surface area contributed by atoms with Gasteiger partial charge in [0.25, 0.3) is 0 Å². The third kappa shape index (κ3) is 12.5. The van der Waals surface area contributed by atoms with E-state index in [0.717, 1.165) is 23.7 Å². The predicted octanol–water partition coefficient (Wildman–Crippen LogP) is 8.97. The summed E-state index contributed by atoms with van der Waals surface area (Å²) < 4.78 is 0. The Morgan fingerprint density at radius 3 is 1.08 bits per heavy atom. The highest BCUT2D eigenvalue weighted by atomic mass is 14.2. The molecule has 1 fully saturated rings. The lowest BCUT2D eigenvalue weighted by molar-refractivity contribution is 0.308. The summed E-state index contributed by atoms with van der Waals surface area (Å²) in [6.07, 6.45) is 18.7. The van der Waals surface area contributed by atoms with Crippen LogP contribution in [-0.4, -0.2) is 0 Å². The predicted molar refractivity (Wildman–Crippen MR) is 117 cm³/mol. The molecule has 0 aromatic rings. The van der Waals surface area contributed by atoms with Gasteiger partial charge in [0.2, 0.25) is 0 Å². The molecule has 0 radical (unpaired) electrons. The minimum absolute atomic E-state index is 0. The number of rotatable bonds is 0. The summed E-state index contributed by atoms with van der Waals surface area (Å²) in [4.78, 5) is 0. The second kappa shape index (κ2) is 13.7. The van der Waals surface area contributed by atoms with Crippen molar-refractivity contribution >= 4 is 0 Å². The average Bonchev–Trinajstić information content (AvgIpc) is 2.57. The molecule has 0 saturated heterocycles. The number of allylic oxidation sites excluding steroid dienone is 4. The number of hydrogen-bond acceptors (Lipinski definition) is 0. The molecule has 2 atom stereocenters. The average molecular weight is 349 g/mol. The summed E-state index contributed by atoms with van der Waals surface area (Å²) in [5, 5.41) is 0. The van der Waals surface area contributed by atoms with Gasteiger partial charge in [-0.1, -0.05) is 84.1 Å². The summed E-state index contributed by atoms with van der Waals surface area (Å²) in [5.41, 5.74) is 3.17. The van der Waals surface area contributed by atoms with E-state index >= 15 is 0 Å². The third-order valence-corrected chi connectivity index (χ3v) is 6.10. The Bertz CT molecular complexity index is 341. The van der Waals surface area contributed by atoms with E-state index < -0.39 is 0 Å². The van der Waals surface area contributed by atoms with Gasteiger partial charge in [-0.15, -0.1) is 0 Å². The fraction of sp³-hybridized carbons (Fsp3) is 0.840. The van der Waals surface area contributed by atoms with Gasteiger partial charge in [0, 0.05) is 0 Å². The first-order valence-corrected chi connectivity index (χ1v) is 10.7. The van der Waals surface area contributed by atoms with E-state index in [1.165, 1.54) is 64.2 Å². The van der Waals surface area contributed by atoms with Crippen LogP contribution >= 0.6 is 0 Å². The first-order valence-electron chi connectivity index (χ1n) is 10.7. The largest absolute Gasteiger partial charge is 0.0853 e. The maximum Gasteiger partial charge on any atom is -0.0320 e. The minimum Gasteiger partial charge on any atom is -0.0853 e. The molecule has 3 rings (SSSR count). The zero-order chi connectivity index (χ0) is 17.9. The molecular formula is C25H48. The third-order valence-electron chi connectivity index (χ3n) is 6.10. The highest BCUT2D eigenvalue weighted by Crippen LogP contribution is 2.27. The Labute approximate surface area is 160 Å². The fourth-order valence-corrected chi connectivity index (χ4v) is 3.62. The quantitative estimate of drug-likeness (QED) is 0.383. The topological polar surface area (TPSA) is 0 Å². The van der Waals surface area contributed by atoms with Crippen LogP contribution in [-0.2, 0) is 0 Å². The molecule has 3 aliphatic rings. The minimum atomic E-state index is 0. The first kappa shape index (κ1) is 24.5. The van der Waals surface area contributed by atoms with Crippen LogP contribution in [0.5, 0.6) is 0 Å². The van der Waals surface area contributed by atoms with Crippen LogP contribution in [0.15, 0.2) is 23.3 Å². The van der Waals surface area contributed by atoms with Crippen LogP contribution in [0.1, 0.15) is 113 Å². The summed E-state index contributed by atoms with van der Waals surface area (Å²) in [7, 11) is 0. The molecule has 0 aromatic heterocycles. The molecule has 0 aromatic carbocycles. The maximum absolute atomic E-state index is 2.37. The summed E-state index contributed by atoms with van der Waals surface area (Å²) in [5.74, 6) is 3.93. The van der Waals surface area contributed by atoms with Crippen molar-refractivity contribution in [1.82, 2.24) is 0 Å². The van der Waals surface area contributed by atoms with Crippen molar-refractivity contribution in [3.63, 3.8) is 0 Å². The fourth-order valence-electron chi connectivity index (χ4n) is 3.62. The molecule has 0 heteroatoms. The number of hydrogen-bond donors (Lipinski definition) is 0. The van der Waals surface area contributed by atoms with Crippen molar-refractivity contribution in [3.05, 3.63) is 23.3 Å². The van der Waals surface area contributed by atoms with Crippen molar-refractivity contribution in [2.75, 3.05) is 0 Å². The summed E-state index contributed by atoms with van der Waals surface area (Å²) in [6.45, 7) is 13.8. The monoisotopic (exact) mass is 348 g/mol. The smallest absolute Gasteiger partial charge is 0.0320 e. The van der Waals surface area contributed by atoms with Gasteiger partial charge in [-0.25, -0.2) is 0 Å². The lowest BCUT2D eigenvalue weighted by Gasteiger charge is -2.22. The maximum atomic E-state index is 2.37. The molecule has 25 heavy (non-hydrogen) atoms. The van der Waals surface area contributed by atoms with E-state index in [1.807, 2.05) is 0 Å². The van der Waals surface area contributed by atoms with Crippen molar-refractivity contribution < 1.29 is 0 Å². The molecule has 0 amide bonds. The summed E-state index contributed by atoms with van der Waals surface area (Å²) >= 11 is 0. The molecule has 0 nitrogen and oxygen atoms in total. The lowest BCUT2D eigenvalue weighted by Crippen LogP contribution is -2.08. The van der Waals surface area contributed by atoms with Gasteiger partial charge >= 0.3 is 0 Å². The zero-order valence-corrected chi connectivity index (χ0v) is 17.5. The van der Waals surface area contributed by atoms with Crippen LogP contribution in [0.4, 0.5) is 0 Å². The van der Waals surface area contributed by atoms with Crippen LogP contribution in [0, 0.1) is 23.7 Å². The van der Waals surface area contributed by atoms with Gasteiger partial charge < -0.3 is 0 Å². The highest BCUT2D eigenvalue weighted by molar-refractivity contribution is 5.02. The van der Waals surface area contributed by atoms with E-state index in [0.29, 0.717) is 0 Å². The van der Waals surface area contributed by atoms with Crippen molar-refractivity contribution in [3.8, 4) is 0 Å². The van der Waals surface area contributed by atoms with Crippen LogP contribution in [0.25, 0.3) is 0 Å². The van der Waals surface area contributed by atoms with Gasteiger partial charge in [0.15, 0.2) is 0 Å². The molecule has 1 saturated carbocycles. The zero-order valence-electron chi connectivity index (χ0n) is 17.5. The van der Waals surface area contributed by atoms with Crippen molar-refractivity contribution in [2.45, 2.75) is 113 Å². The van der Waals surface area contributed by atoms with Crippen LogP contribution < -0.4 is 0 Å². The molecule has 3 aliphatic carbocycles. The van der Waals surface area contributed by atoms with E-state index in [1.54, 1.807) is 11.1 Å². The van der Waals surface area contributed by atoms with Gasteiger partial charge in [0.05, 0.1) is 0 Å². The summed E-state index contributed by atoms with van der Waals surface area (Å²) in [6, 6.07) is 0. The Hall–Kier alpha value is -0.520. The lowest BCUT2D eigenvalue weighted by atomic mass is 9.84. The van der Waals surface area contributed by atoms with E-state index in [9.17, 15) is 0 Å². The van der Waals surface area contributed by atoms with Crippen molar-refractivity contribution in [1.29, 1.82) is 0 Å². The standard InChI is InChI=1S/C8H16.2C8H14.CH4/c3*1-7-3-5-8(2)6-4-7;/h7-8H,3-6H2,1-2H3;2*3,8H,4-6H2,1-2H3;1H4. The molecule has 148 valence electrons.